The predicted molar refractivity (Wildman–Crippen MR) is 104 cm³/mol. The zero-order chi connectivity index (χ0) is 18.2. The second-order valence-corrected chi connectivity index (χ2v) is 6.75. The van der Waals surface area contributed by atoms with Crippen LogP contribution < -0.4 is 4.74 Å². The molecule has 1 N–H and O–H groups in total. The second-order valence-electron chi connectivity index (χ2n) is 5.76. The van der Waals surface area contributed by atoms with Crippen LogP contribution in [0.2, 0.25) is 0 Å². The van der Waals surface area contributed by atoms with E-state index >= 15 is 0 Å². The Morgan fingerprint density at radius 1 is 1.00 bits per heavy atom. The van der Waals surface area contributed by atoms with Gasteiger partial charge in [0.15, 0.2) is 0 Å². The number of aliphatic carboxylic acids is 1. The van der Waals surface area contributed by atoms with Crippen molar-refractivity contribution in [3.63, 3.8) is 0 Å². The van der Waals surface area contributed by atoms with Crippen LogP contribution >= 0.6 is 11.8 Å². The van der Waals surface area contributed by atoms with E-state index in [1.54, 1.807) is 6.20 Å². The van der Waals surface area contributed by atoms with E-state index in [1.807, 2.05) is 42.6 Å². The van der Waals surface area contributed by atoms with Gasteiger partial charge in [-0.1, -0.05) is 42.5 Å². The minimum Gasteiger partial charge on any atom is -0.489 e. The smallest absolute Gasteiger partial charge is 0.313 e. The highest BCUT2D eigenvalue weighted by Crippen LogP contribution is 2.21. The van der Waals surface area contributed by atoms with Gasteiger partial charge in [0.1, 0.15) is 12.4 Å². The lowest BCUT2D eigenvalue weighted by Gasteiger charge is -2.09. The maximum absolute atomic E-state index is 10.6. The van der Waals surface area contributed by atoms with Crippen molar-refractivity contribution in [1.82, 2.24) is 4.98 Å². The molecule has 5 heteroatoms. The van der Waals surface area contributed by atoms with Crippen LogP contribution in [-0.4, -0.2) is 21.8 Å². The minimum atomic E-state index is -0.794. The van der Waals surface area contributed by atoms with E-state index in [1.165, 1.54) is 11.8 Å². The van der Waals surface area contributed by atoms with Gasteiger partial charge in [-0.25, -0.2) is 0 Å². The first kappa shape index (κ1) is 18.0. The van der Waals surface area contributed by atoms with Crippen LogP contribution in [-0.2, 0) is 17.2 Å². The number of hydrogen-bond donors (Lipinski definition) is 1. The van der Waals surface area contributed by atoms with Crippen molar-refractivity contribution in [3.05, 3.63) is 84.2 Å². The van der Waals surface area contributed by atoms with Crippen LogP contribution in [0.4, 0.5) is 0 Å². The van der Waals surface area contributed by atoms with Crippen LogP contribution in [0.1, 0.15) is 11.1 Å². The number of thioether (sulfide) groups is 1. The molecule has 2 aromatic carbocycles. The first-order valence-corrected chi connectivity index (χ1v) is 9.37. The Labute approximate surface area is 156 Å². The van der Waals surface area contributed by atoms with Crippen molar-refractivity contribution < 1.29 is 14.6 Å². The molecule has 132 valence electrons. The molecule has 0 atom stereocenters. The van der Waals surface area contributed by atoms with Gasteiger partial charge in [-0.05, 0) is 40.5 Å². The molecule has 0 saturated carbocycles. The van der Waals surface area contributed by atoms with Gasteiger partial charge in [-0.15, -0.1) is 11.8 Å². The summed E-state index contributed by atoms with van der Waals surface area (Å²) in [6.07, 6.45) is 3.61. The zero-order valence-electron chi connectivity index (χ0n) is 14.2. The predicted octanol–water partition coefficient (Wildman–Crippen LogP) is 4.65. The first-order chi connectivity index (χ1) is 12.7. The summed E-state index contributed by atoms with van der Waals surface area (Å²) < 4.78 is 5.87. The molecule has 0 unspecified atom stereocenters. The van der Waals surface area contributed by atoms with Gasteiger partial charge in [-0.3, -0.25) is 9.78 Å². The van der Waals surface area contributed by atoms with Gasteiger partial charge in [0, 0.05) is 18.1 Å². The maximum atomic E-state index is 10.6. The Kier molecular flexibility index (Phi) is 6.28. The molecule has 1 heterocycles. The lowest BCUT2D eigenvalue weighted by Crippen LogP contribution is -1.98. The molecule has 0 aliphatic heterocycles. The van der Waals surface area contributed by atoms with E-state index in [4.69, 9.17) is 9.84 Å². The third kappa shape index (κ3) is 5.36. The molecule has 0 aliphatic rings. The highest BCUT2D eigenvalue weighted by atomic mass is 32.2. The second kappa shape index (κ2) is 9.06. The van der Waals surface area contributed by atoms with Gasteiger partial charge in [0.25, 0.3) is 0 Å². The normalized spacial score (nSPS) is 10.5. The number of rotatable bonds is 8. The number of pyridine rings is 1. The number of benzene rings is 2. The van der Waals surface area contributed by atoms with Crippen LogP contribution in [0, 0.1) is 0 Å². The summed E-state index contributed by atoms with van der Waals surface area (Å²) in [6.45, 7) is 0.485. The van der Waals surface area contributed by atoms with Gasteiger partial charge < -0.3 is 9.84 Å². The van der Waals surface area contributed by atoms with E-state index in [0.717, 1.165) is 28.0 Å². The molecular formula is C21H19NO3S. The molecule has 0 spiro atoms. The van der Waals surface area contributed by atoms with Crippen molar-refractivity contribution in [2.45, 2.75) is 12.4 Å². The lowest BCUT2D eigenvalue weighted by molar-refractivity contribution is -0.133. The molecule has 0 aliphatic carbocycles. The van der Waals surface area contributed by atoms with E-state index in [0.29, 0.717) is 12.4 Å². The molecule has 0 saturated heterocycles. The summed E-state index contributed by atoms with van der Waals surface area (Å²) in [5, 5.41) is 8.70. The summed E-state index contributed by atoms with van der Waals surface area (Å²) in [7, 11) is 0. The number of hydrogen-bond acceptors (Lipinski definition) is 4. The zero-order valence-corrected chi connectivity index (χ0v) is 15.0. The van der Waals surface area contributed by atoms with Crippen molar-refractivity contribution in [2.75, 3.05) is 5.75 Å². The number of nitrogens with zero attached hydrogens (tertiary/aromatic N) is 1. The Morgan fingerprint density at radius 3 is 2.58 bits per heavy atom. The largest absolute Gasteiger partial charge is 0.489 e. The van der Waals surface area contributed by atoms with Crippen molar-refractivity contribution in [3.8, 4) is 16.9 Å². The fraction of sp³-hybridized carbons (Fsp3) is 0.143. The van der Waals surface area contributed by atoms with Gasteiger partial charge >= 0.3 is 5.97 Å². The Morgan fingerprint density at radius 2 is 1.85 bits per heavy atom. The fourth-order valence-electron chi connectivity index (χ4n) is 2.47. The monoisotopic (exact) mass is 365 g/mol. The van der Waals surface area contributed by atoms with Gasteiger partial charge in [0.2, 0.25) is 0 Å². The molecule has 0 fully saturated rings. The highest BCUT2D eigenvalue weighted by molar-refractivity contribution is 7.99. The maximum Gasteiger partial charge on any atom is 0.313 e. The van der Waals surface area contributed by atoms with Gasteiger partial charge in [-0.2, -0.15) is 0 Å². The third-order valence-corrected chi connectivity index (χ3v) is 4.74. The van der Waals surface area contributed by atoms with E-state index in [-0.39, 0.29) is 5.75 Å². The van der Waals surface area contributed by atoms with Crippen molar-refractivity contribution in [1.29, 1.82) is 0 Å². The van der Waals surface area contributed by atoms with Crippen LogP contribution in [0.25, 0.3) is 11.1 Å². The molecule has 0 radical (unpaired) electrons. The number of carboxylic acids is 1. The van der Waals surface area contributed by atoms with Crippen LogP contribution in [0.15, 0.2) is 73.1 Å². The average Bonchev–Trinajstić information content (AvgIpc) is 2.68. The molecule has 0 bridgehead atoms. The molecule has 26 heavy (non-hydrogen) atoms. The molecule has 3 rings (SSSR count). The van der Waals surface area contributed by atoms with Crippen molar-refractivity contribution in [2.24, 2.45) is 0 Å². The Balaban J connectivity index is 1.56. The van der Waals surface area contributed by atoms with E-state index in [2.05, 4.69) is 29.2 Å². The number of carbonyl (C=O) groups is 1. The van der Waals surface area contributed by atoms with Crippen LogP contribution in [0.5, 0.6) is 5.75 Å². The first-order valence-electron chi connectivity index (χ1n) is 8.21. The Bertz CT molecular complexity index is 851. The fourth-order valence-corrected chi connectivity index (χ4v) is 3.17. The number of carboxylic acid groups (broad SMARTS) is 1. The molecule has 0 amide bonds. The standard InChI is InChI=1S/C21H19NO3S/c23-21(24)15-26-14-17-3-1-5-20(11-17)25-13-16-6-8-18(9-7-16)19-4-2-10-22-12-19/h1-12H,13-15H2,(H,23,24). The van der Waals surface area contributed by atoms with Gasteiger partial charge in [0.05, 0.1) is 5.75 Å². The number of ether oxygens (including phenoxy) is 1. The molecule has 3 aromatic rings. The summed E-state index contributed by atoms with van der Waals surface area (Å²) in [5.74, 6) is 0.754. The summed E-state index contributed by atoms with van der Waals surface area (Å²) in [4.78, 5) is 14.7. The minimum absolute atomic E-state index is 0.106. The molecule has 4 nitrogen and oxygen atoms in total. The SMILES string of the molecule is O=C(O)CSCc1cccc(OCc2ccc(-c3cccnc3)cc2)c1. The average molecular weight is 365 g/mol. The lowest BCUT2D eigenvalue weighted by atomic mass is 10.1. The Hall–Kier alpha value is -2.79. The quantitative estimate of drug-likeness (QED) is 0.630. The van der Waals surface area contributed by atoms with Crippen molar-refractivity contribution >= 4 is 17.7 Å². The summed E-state index contributed by atoms with van der Waals surface area (Å²) in [6, 6.07) is 20.0. The summed E-state index contributed by atoms with van der Waals surface area (Å²) >= 11 is 1.38. The van der Waals surface area contributed by atoms with E-state index in [9.17, 15) is 4.79 Å². The third-order valence-electron chi connectivity index (χ3n) is 3.75. The molecule has 1 aromatic heterocycles. The highest BCUT2D eigenvalue weighted by Gasteiger charge is 2.02. The topological polar surface area (TPSA) is 59.4 Å². The van der Waals surface area contributed by atoms with Crippen LogP contribution in [0.3, 0.4) is 0 Å². The summed E-state index contributed by atoms with van der Waals surface area (Å²) in [5.41, 5.74) is 4.36. The number of aromatic nitrogens is 1. The molecular weight excluding hydrogens is 346 g/mol. The van der Waals surface area contributed by atoms with E-state index < -0.39 is 5.97 Å².